The van der Waals surface area contributed by atoms with E-state index in [1.54, 1.807) is 0 Å². The average molecular weight is 100 g/mol. The minimum absolute atomic E-state index is 0.0492. The lowest BCUT2D eigenvalue weighted by Crippen LogP contribution is -2.31. The molecule has 0 N–H and O–H groups in total. The fraction of sp³-hybridized carbons (Fsp3) is 0.800. The van der Waals surface area contributed by atoms with Gasteiger partial charge in [-0.2, -0.15) is 0 Å². The van der Waals surface area contributed by atoms with Crippen molar-refractivity contribution in [2.75, 3.05) is 0 Å². The van der Waals surface area contributed by atoms with Crippen LogP contribution in [0.2, 0.25) is 0 Å². The molecular formula is C5H8O2. The number of esters is 1. The van der Waals surface area contributed by atoms with Crippen molar-refractivity contribution in [1.29, 1.82) is 0 Å². The highest BCUT2D eigenvalue weighted by atomic mass is 16.6. The molecule has 1 aliphatic rings. The monoisotopic (exact) mass is 100 g/mol. The van der Waals surface area contributed by atoms with Crippen LogP contribution in [0.4, 0.5) is 0 Å². The molecule has 7 heavy (non-hydrogen) atoms. The van der Waals surface area contributed by atoms with Crippen molar-refractivity contribution in [2.45, 2.75) is 25.9 Å². The first-order valence-corrected chi connectivity index (χ1v) is 2.52. The van der Waals surface area contributed by atoms with E-state index in [0.29, 0.717) is 6.42 Å². The minimum atomic E-state index is -0.0492. The summed E-state index contributed by atoms with van der Waals surface area (Å²) >= 11 is 0. The van der Waals surface area contributed by atoms with Gasteiger partial charge in [-0.05, 0) is 6.42 Å². The van der Waals surface area contributed by atoms with Crippen molar-refractivity contribution < 1.29 is 9.53 Å². The normalized spacial score (nSPS) is 28.7. The maximum Gasteiger partial charge on any atom is 0.309 e. The summed E-state index contributed by atoms with van der Waals surface area (Å²) in [5.41, 5.74) is 0. The van der Waals surface area contributed by atoms with Gasteiger partial charge in [-0.15, -0.1) is 0 Å². The van der Waals surface area contributed by atoms with Crippen molar-refractivity contribution in [3.05, 3.63) is 0 Å². The molecule has 1 heterocycles. The molecule has 2 nitrogen and oxygen atoms in total. The molecular weight excluding hydrogens is 92.1 g/mol. The van der Waals surface area contributed by atoms with Gasteiger partial charge in [-0.1, -0.05) is 6.92 Å². The molecule has 1 aliphatic heterocycles. The van der Waals surface area contributed by atoms with Gasteiger partial charge < -0.3 is 4.74 Å². The molecule has 0 aromatic carbocycles. The second kappa shape index (κ2) is 1.52. The van der Waals surface area contributed by atoms with Crippen LogP contribution in [-0.4, -0.2) is 12.1 Å². The zero-order valence-electron chi connectivity index (χ0n) is 4.31. The maximum atomic E-state index is 10.0. The quantitative estimate of drug-likeness (QED) is 0.453. The van der Waals surface area contributed by atoms with E-state index in [0.717, 1.165) is 6.42 Å². The highest BCUT2D eigenvalue weighted by Crippen LogP contribution is 2.14. The van der Waals surface area contributed by atoms with Crippen LogP contribution in [-0.2, 0) is 9.53 Å². The molecule has 1 saturated heterocycles. The third-order valence-electron chi connectivity index (χ3n) is 1.15. The number of carbonyl (C=O) groups is 1. The van der Waals surface area contributed by atoms with Crippen molar-refractivity contribution in [2.24, 2.45) is 0 Å². The van der Waals surface area contributed by atoms with Crippen molar-refractivity contribution in [3.63, 3.8) is 0 Å². The Balaban J connectivity index is 2.17. The van der Waals surface area contributed by atoms with Gasteiger partial charge in [-0.25, -0.2) is 0 Å². The highest BCUT2D eigenvalue weighted by molar-refractivity contribution is 5.75. The highest BCUT2D eigenvalue weighted by Gasteiger charge is 2.25. The van der Waals surface area contributed by atoms with Gasteiger partial charge in [0.1, 0.15) is 6.10 Å². The van der Waals surface area contributed by atoms with Crippen LogP contribution in [0.1, 0.15) is 19.8 Å². The summed E-state index contributed by atoms with van der Waals surface area (Å²) in [6, 6.07) is 0. The molecule has 0 radical (unpaired) electrons. The van der Waals surface area contributed by atoms with Crippen LogP contribution in [0.5, 0.6) is 0 Å². The van der Waals surface area contributed by atoms with E-state index < -0.39 is 0 Å². The predicted molar refractivity (Wildman–Crippen MR) is 24.8 cm³/mol. The van der Waals surface area contributed by atoms with E-state index in [9.17, 15) is 4.79 Å². The van der Waals surface area contributed by atoms with Crippen molar-refractivity contribution in [3.8, 4) is 0 Å². The van der Waals surface area contributed by atoms with Gasteiger partial charge in [0.25, 0.3) is 0 Å². The lowest BCUT2D eigenvalue weighted by atomic mass is 10.1. The Morgan fingerprint density at radius 1 is 2.00 bits per heavy atom. The Morgan fingerprint density at radius 3 is 2.71 bits per heavy atom. The zero-order chi connectivity index (χ0) is 5.28. The van der Waals surface area contributed by atoms with Crippen LogP contribution in [0.25, 0.3) is 0 Å². The molecule has 0 bridgehead atoms. The molecule has 40 valence electrons. The molecule has 0 amide bonds. The molecule has 0 aromatic rings. The summed E-state index contributed by atoms with van der Waals surface area (Å²) in [4.78, 5) is 10.0. The van der Waals surface area contributed by atoms with Crippen LogP contribution < -0.4 is 0 Å². The van der Waals surface area contributed by atoms with E-state index in [-0.39, 0.29) is 12.1 Å². The fourth-order valence-corrected chi connectivity index (χ4v) is 0.590. The first kappa shape index (κ1) is 4.62. The van der Waals surface area contributed by atoms with Crippen LogP contribution >= 0.6 is 0 Å². The molecule has 1 rings (SSSR count). The second-order valence-corrected chi connectivity index (χ2v) is 1.72. The summed E-state index contributed by atoms with van der Waals surface area (Å²) in [6.45, 7) is 2.01. The van der Waals surface area contributed by atoms with E-state index in [2.05, 4.69) is 4.74 Å². The summed E-state index contributed by atoms with van der Waals surface area (Å²) in [5.74, 6) is -0.0492. The number of hydrogen-bond acceptors (Lipinski definition) is 2. The minimum Gasteiger partial charge on any atom is -0.462 e. The van der Waals surface area contributed by atoms with Gasteiger partial charge in [0, 0.05) is 0 Å². The van der Waals surface area contributed by atoms with Crippen molar-refractivity contribution >= 4 is 5.97 Å². The molecule has 0 spiro atoms. The number of cyclic esters (lactones) is 1. The molecule has 0 aromatic heterocycles. The predicted octanol–water partition coefficient (Wildman–Crippen LogP) is 0.712. The van der Waals surface area contributed by atoms with Gasteiger partial charge in [0.15, 0.2) is 0 Å². The number of carbonyl (C=O) groups excluding carboxylic acids is 1. The Bertz CT molecular complexity index is 80.1. The zero-order valence-corrected chi connectivity index (χ0v) is 4.31. The maximum absolute atomic E-state index is 10.0. The van der Waals surface area contributed by atoms with Crippen LogP contribution in [0.15, 0.2) is 0 Å². The van der Waals surface area contributed by atoms with E-state index in [4.69, 9.17) is 0 Å². The number of rotatable bonds is 1. The first-order valence-electron chi connectivity index (χ1n) is 2.52. The van der Waals surface area contributed by atoms with Crippen LogP contribution in [0.3, 0.4) is 0 Å². The summed E-state index contributed by atoms with van der Waals surface area (Å²) in [6.07, 6.45) is 1.84. The Labute approximate surface area is 42.5 Å². The van der Waals surface area contributed by atoms with Gasteiger partial charge in [-0.3, -0.25) is 4.79 Å². The number of ether oxygens (including phenoxy) is 1. The van der Waals surface area contributed by atoms with Crippen molar-refractivity contribution in [1.82, 2.24) is 0 Å². The van der Waals surface area contributed by atoms with Gasteiger partial charge >= 0.3 is 5.97 Å². The Morgan fingerprint density at radius 2 is 2.57 bits per heavy atom. The molecule has 1 fully saturated rings. The lowest BCUT2D eigenvalue weighted by Gasteiger charge is -2.23. The molecule has 0 saturated carbocycles. The number of hydrogen-bond donors (Lipinski definition) is 0. The summed E-state index contributed by atoms with van der Waals surface area (Å²) in [5, 5.41) is 0. The lowest BCUT2D eigenvalue weighted by molar-refractivity contribution is -0.169. The Hall–Kier alpha value is -0.530. The molecule has 0 unspecified atom stereocenters. The smallest absolute Gasteiger partial charge is 0.309 e. The van der Waals surface area contributed by atoms with Gasteiger partial charge in [0.05, 0.1) is 6.42 Å². The van der Waals surface area contributed by atoms with E-state index >= 15 is 0 Å². The standard InChI is InChI=1S/C5H8O2/c1-2-4-3-5(6)7-4/h4H,2-3H2,1H3/t4-/m0/s1. The SMILES string of the molecule is CC[C@H]1CC(=O)O1. The first-order chi connectivity index (χ1) is 3.33. The average Bonchev–Trinajstić information content (AvgIpc) is 1.58. The third-order valence-corrected chi connectivity index (χ3v) is 1.15. The topological polar surface area (TPSA) is 26.3 Å². The largest absolute Gasteiger partial charge is 0.462 e. The van der Waals surface area contributed by atoms with E-state index in [1.165, 1.54) is 0 Å². The molecule has 2 heteroatoms. The third kappa shape index (κ3) is 0.734. The molecule has 0 aliphatic carbocycles. The van der Waals surface area contributed by atoms with E-state index in [1.807, 2.05) is 6.92 Å². The van der Waals surface area contributed by atoms with Gasteiger partial charge in [0.2, 0.25) is 0 Å². The summed E-state index contributed by atoms with van der Waals surface area (Å²) in [7, 11) is 0. The van der Waals surface area contributed by atoms with Crippen LogP contribution in [0, 0.1) is 0 Å². The molecule has 1 atom stereocenters. The Kier molecular flexibility index (Phi) is 1.01. The second-order valence-electron chi connectivity index (χ2n) is 1.72. The fourth-order valence-electron chi connectivity index (χ4n) is 0.590. The summed E-state index contributed by atoms with van der Waals surface area (Å²) < 4.78 is 4.65.